The summed E-state index contributed by atoms with van der Waals surface area (Å²) in [6.45, 7) is 7.16. The molecule has 1 N–H and O–H groups in total. The SMILES string of the molecule is CC[C@@H](NC(=O)OC(C)(C)C)C(=O)c1cnsc1. The predicted molar refractivity (Wildman–Crippen MR) is 69.9 cm³/mol. The normalized spacial score (nSPS) is 12.9. The van der Waals surface area contributed by atoms with Gasteiger partial charge in [-0.1, -0.05) is 6.92 Å². The molecule has 0 aliphatic heterocycles. The second-order valence-corrected chi connectivity index (χ2v) is 5.54. The van der Waals surface area contributed by atoms with Gasteiger partial charge in [0.15, 0.2) is 5.78 Å². The van der Waals surface area contributed by atoms with Crippen LogP contribution in [0.2, 0.25) is 0 Å². The van der Waals surface area contributed by atoms with Gasteiger partial charge in [0, 0.05) is 5.38 Å². The van der Waals surface area contributed by atoms with Crippen molar-refractivity contribution in [2.24, 2.45) is 0 Å². The van der Waals surface area contributed by atoms with E-state index in [9.17, 15) is 9.59 Å². The molecule has 0 aliphatic carbocycles. The molecular formula is C12H18N2O3S. The molecule has 1 amide bonds. The fourth-order valence-electron chi connectivity index (χ4n) is 1.33. The van der Waals surface area contributed by atoms with Crippen LogP contribution in [-0.2, 0) is 4.74 Å². The van der Waals surface area contributed by atoms with Gasteiger partial charge >= 0.3 is 6.09 Å². The van der Waals surface area contributed by atoms with Gasteiger partial charge in [-0.05, 0) is 38.7 Å². The first-order valence-corrected chi connectivity index (χ1v) is 6.60. The van der Waals surface area contributed by atoms with E-state index in [2.05, 4.69) is 9.69 Å². The molecule has 1 rings (SSSR count). The topological polar surface area (TPSA) is 68.3 Å². The Balaban J connectivity index is 2.63. The molecule has 0 bridgehead atoms. The molecule has 1 aromatic rings. The molecule has 0 spiro atoms. The molecule has 5 nitrogen and oxygen atoms in total. The van der Waals surface area contributed by atoms with E-state index in [4.69, 9.17) is 4.74 Å². The van der Waals surface area contributed by atoms with Gasteiger partial charge in [0.1, 0.15) is 5.60 Å². The molecule has 0 aliphatic rings. The van der Waals surface area contributed by atoms with Crippen molar-refractivity contribution >= 4 is 23.4 Å². The lowest BCUT2D eigenvalue weighted by molar-refractivity contribution is 0.0490. The van der Waals surface area contributed by atoms with Crippen LogP contribution >= 0.6 is 11.5 Å². The van der Waals surface area contributed by atoms with E-state index in [1.165, 1.54) is 17.7 Å². The van der Waals surface area contributed by atoms with Crippen molar-refractivity contribution < 1.29 is 14.3 Å². The summed E-state index contributed by atoms with van der Waals surface area (Å²) in [6, 6.07) is -0.573. The number of ether oxygens (including phenoxy) is 1. The monoisotopic (exact) mass is 270 g/mol. The van der Waals surface area contributed by atoms with Crippen molar-refractivity contribution in [3.05, 3.63) is 17.1 Å². The zero-order valence-electron chi connectivity index (χ0n) is 11.0. The fraction of sp³-hybridized carbons (Fsp3) is 0.583. The molecule has 0 saturated heterocycles. The van der Waals surface area contributed by atoms with Crippen molar-refractivity contribution in [3.8, 4) is 0 Å². The van der Waals surface area contributed by atoms with Crippen LogP contribution in [0.5, 0.6) is 0 Å². The maximum absolute atomic E-state index is 12.0. The van der Waals surface area contributed by atoms with Gasteiger partial charge < -0.3 is 10.1 Å². The molecule has 0 fully saturated rings. The Kier molecular flexibility index (Phi) is 4.84. The number of nitrogens with zero attached hydrogens (tertiary/aromatic N) is 1. The van der Waals surface area contributed by atoms with Gasteiger partial charge in [0.05, 0.1) is 17.8 Å². The number of carbonyl (C=O) groups excluding carboxylic acids is 2. The molecule has 18 heavy (non-hydrogen) atoms. The number of amides is 1. The first-order chi connectivity index (χ1) is 8.33. The molecule has 0 radical (unpaired) electrons. The summed E-state index contributed by atoms with van der Waals surface area (Å²) in [5.41, 5.74) is -0.0575. The van der Waals surface area contributed by atoms with E-state index >= 15 is 0 Å². The zero-order chi connectivity index (χ0) is 13.8. The average molecular weight is 270 g/mol. The molecule has 1 heterocycles. The van der Waals surface area contributed by atoms with E-state index in [-0.39, 0.29) is 5.78 Å². The number of nitrogens with one attached hydrogen (secondary N) is 1. The van der Waals surface area contributed by atoms with Crippen LogP contribution in [0.15, 0.2) is 11.6 Å². The number of hydrogen-bond donors (Lipinski definition) is 1. The van der Waals surface area contributed by atoms with Crippen LogP contribution < -0.4 is 5.32 Å². The lowest BCUT2D eigenvalue weighted by Crippen LogP contribution is -2.43. The summed E-state index contributed by atoms with van der Waals surface area (Å²) in [6.07, 6.45) is 1.44. The molecule has 0 unspecified atom stereocenters. The average Bonchev–Trinajstić information content (AvgIpc) is 2.75. The van der Waals surface area contributed by atoms with E-state index < -0.39 is 17.7 Å². The summed E-state index contributed by atoms with van der Waals surface area (Å²) < 4.78 is 9.00. The molecule has 0 saturated carbocycles. The van der Waals surface area contributed by atoms with Crippen molar-refractivity contribution in [1.29, 1.82) is 0 Å². The molecule has 1 atom stereocenters. The van der Waals surface area contributed by atoms with Crippen LogP contribution in [0.4, 0.5) is 4.79 Å². The summed E-state index contributed by atoms with van der Waals surface area (Å²) >= 11 is 1.21. The maximum atomic E-state index is 12.0. The van der Waals surface area contributed by atoms with Crippen LogP contribution in [0.1, 0.15) is 44.5 Å². The lowest BCUT2D eigenvalue weighted by atomic mass is 10.1. The van der Waals surface area contributed by atoms with Crippen LogP contribution in [-0.4, -0.2) is 27.9 Å². The Morgan fingerprint density at radius 3 is 2.61 bits per heavy atom. The van der Waals surface area contributed by atoms with Crippen LogP contribution in [0, 0.1) is 0 Å². The number of carbonyl (C=O) groups is 2. The first kappa shape index (κ1) is 14.6. The van der Waals surface area contributed by atoms with Crippen molar-refractivity contribution in [2.75, 3.05) is 0 Å². The van der Waals surface area contributed by atoms with E-state index in [1.54, 1.807) is 26.2 Å². The Morgan fingerprint density at radius 1 is 1.50 bits per heavy atom. The molecular weight excluding hydrogens is 252 g/mol. The highest BCUT2D eigenvalue weighted by Crippen LogP contribution is 2.10. The highest BCUT2D eigenvalue weighted by molar-refractivity contribution is 7.03. The van der Waals surface area contributed by atoms with Gasteiger partial charge in [-0.2, -0.15) is 0 Å². The Morgan fingerprint density at radius 2 is 2.17 bits per heavy atom. The van der Waals surface area contributed by atoms with Crippen LogP contribution in [0.25, 0.3) is 0 Å². The Labute approximate surface area is 111 Å². The summed E-state index contributed by atoms with van der Waals surface area (Å²) in [4.78, 5) is 23.6. The van der Waals surface area contributed by atoms with E-state index in [1.807, 2.05) is 6.92 Å². The van der Waals surface area contributed by atoms with Gasteiger partial charge in [-0.25, -0.2) is 9.17 Å². The number of rotatable bonds is 4. The number of aromatic nitrogens is 1. The van der Waals surface area contributed by atoms with E-state index in [0.29, 0.717) is 12.0 Å². The summed E-state index contributed by atoms with van der Waals surface area (Å²) in [5, 5.41) is 4.25. The highest BCUT2D eigenvalue weighted by Gasteiger charge is 2.24. The Bertz CT molecular complexity index is 409. The van der Waals surface area contributed by atoms with Crippen molar-refractivity contribution in [3.63, 3.8) is 0 Å². The number of hydrogen-bond acceptors (Lipinski definition) is 5. The second-order valence-electron chi connectivity index (χ2n) is 4.88. The third-order valence-corrected chi connectivity index (χ3v) is 2.72. The van der Waals surface area contributed by atoms with Gasteiger partial charge in [0.25, 0.3) is 0 Å². The van der Waals surface area contributed by atoms with Crippen molar-refractivity contribution in [2.45, 2.75) is 45.8 Å². The van der Waals surface area contributed by atoms with Gasteiger partial charge in [-0.15, -0.1) is 0 Å². The zero-order valence-corrected chi connectivity index (χ0v) is 11.8. The minimum absolute atomic E-state index is 0.142. The summed E-state index contributed by atoms with van der Waals surface area (Å²) in [7, 11) is 0. The van der Waals surface area contributed by atoms with Crippen LogP contribution in [0.3, 0.4) is 0 Å². The highest BCUT2D eigenvalue weighted by atomic mass is 32.1. The fourth-order valence-corrected chi connectivity index (χ4v) is 1.86. The minimum Gasteiger partial charge on any atom is -0.444 e. The standard InChI is InChI=1S/C12H18N2O3S/c1-5-9(10(15)8-6-13-18-7-8)14-11(16)17-12(2,3)4/h6-7,9H,5H2,1-4H3,(H,14,16)/t9-/m1/s1. The Hall–Kier alpha value is -1.43. The minimum atomic E-state index is -0.578. The quantitative estimate of drug-likeness (QED) is 0.854. The maximum Gasteiger partial charge on any atom is 0.408 e. The third-order valence-electron chi connectivity index (χ3n) is 2.13. The number of ketones is 1. The number of alkyl carbamates (subject to hydrolysis) is 1. The predicted octanol–water partition coefficient (Wildman–Crippen LogP) is 2.63. The lowest BCUT2D eigenvalue weighted by Gasteiger charge is -2.22. The van der Waals surface area contributed by atoms with Crippen molar-refractivity contribution in [1.82, 2.24) is 9.69 Å². The molecule has 1 aromatic heterocycles. The number of Topliss-reactive ketones (excluding diaryl/α,β-unsaturated/α-hetero) is 1. The second kappa shape index (κ2) is 5.95. The van der Waals surface area contributed by atoms with Gasteiger partial charge in [0.2, 0.25) is 0 Å². The molecule has 6 heteroatoms. The van der Waals surface area contributed by atoms with E-state index in [0.717, 1.165) is 0 Å². The smallest absolute Gasteiger partial charge is 0.408 e. The molecule has 100 valence electrons. The third kappa shape index (κ3) is 4.44. The summed E-state index contributed by atoms with van der Waals surface area (Å²) in [5.74, 6) is -0.142. The van der Waals surface area contributed by atoms with Gasteiger partial charge in [-0.3, -0.25) is 4.79 Å². The first-order valence-electron chi connectivity index (χ1n) is 5.76. The largest absolute Gasteiger partial charge is 0.444 e. The molecule has 0 aromatic carbocycles.